The summed E-state index contributed by atoms with van der Waals surface area (Å²) in [6.07, 6.45) is 11.0. The van der Waals surface area contributed by atoms with E-state index in [1.807, 2.05) is 91.8 Å². The fraction of sp³-hybridized carbons (Fsp3) is 0.0741. The van der Waals surface area contributed by atoms with Gasteiger partial charge in [-0.2, -0.15) is 26.3 Å². The molecule has 5 heterocycles. The first kappa shape index (κ1) is 38.6. The quantitative estimate of drug-likeness (QED) is 0.0648. The van der Waals surface area contributed by atoms with Crippen molar-refractivity contribution in [3.63, 3.8) is 0 Å². The molecule has 7 rings (SSSR count). The molecule has 0 fully saturated rings. The van der Waals surface area contributed by atoms with Crippen LogP contribution in [-0.2, 0) is 30.5 Å². The molecule has 262 valence electrons. The Morgan fingerprint density at radius 1 is 0.653 bits per heavy atom. The maximum atomic E-state index is 10.7. The smallest absolute Gasteiger partial charge is 0.485 e. The fourth-order valence-electron chi connectivity index (χ4n) is 4.40. The van der Waals surface area contributed by atoms with E-state index in [-0.39, 0.29) is 20.4 Å². The number of fused-ring (bicyclic) bond motifs is 3. The molecule has 0 saturated heterocycles. The monoisotopic (exact) mass is 797 g/mol. The Morgan fingerprint density at radius 2 is 1.04 bits per heavy atom. The zero-order chi connectivity index (χ0) is 35.0. The molecular weight excluding hydrogens is 778 g/mol. The van der Waals surface area contributed by atoms with Gasteiger partial charge in [-0.1, -0.05) is 18.2 Å². The molecule has 0 amide bonds. The number of benzene rings is 2. The maximum Gasteiger partial charge on any atom is 0.485 e. The molecule has 0 radical (unpaired) electrons. The van der Waals surface area contributed by atoms with Crippen molar-refractivity contribution < 1.29 is 64.8 Å². The molecule has 0 aliphatic carbocycles. The first-order valence-corrected chi connectivity index (χ1v) is 14.6. The third kappa shape index (κ3) is 9.61. The van der Waals surface area contributed by atoms with Crippen LogP contribution in [0.2, 0.25) is 0 Å². The second-order valence-corrected chi connectivity index (χ2v) is 10.6. The first-order valence-electron chi connectivity index (χ1n) is 13.2. The largest absolute Gasteiger partial charge is 0.771 e. The minimum absolute atomic E-state index is 0. The van der Waals surface area contributed by atoms with Crippen LogP contribution in [0.15, 0.2) is 123 Å². The Kier molecular flexibility index (Phi) is 12.6. The van der Waals surface area contributed by atoms with Gasteiger partial charge in [-0.05, 0) is 66.0 Å². The van der Waals surface area contributed by atoms with Gasteiger partial charge < -0.3 is 33.0 Å². The molecular formula is C27H20BF6N9O4PdS-4. The summed E-state index contributed by atoms with van der Waals surface area (Å²) in [5.41, 5.74) is -4.61. The molecule has 0 aliphatic heterocycles. The Hall–Kier alpha value is -4.87. The summed E-state index contributed by atoms with van der Waals surface area (Å²) in [5.74, 6) is 0. The van der Waals surface area contributed by atoms with Crippen LogP contribution in [0.25, 0.3) is 21.7 Å². The standard InChI is InChI=1S/C13H8N.C12H12BN8.CHF3O3S.CF3O.Pd/c1-2-6-12-10(4-1)7-8-11-5-3-9-14-13(11)12;1-5-14-18(9-1)13(19-10-2-6-15-19,20-11-3-7-16-20)21-12-4-8-17-21;2-1(3,4)8(5,6)7;2-1(3,4)5;/h1-5,7-9H;1-12H;(H,5,6,7);;/q2*-1;;-1;/p-1. The van der Waals surface area contributed by atoms with Crippen LogP contribution in [0.5, 0.6) is 0 Å². The SMILES string of the molecule is O=S(=O)([O-])C(F)(F)F.[O-]C(F)(F)F.[Pd].[c-]1cccc2ccc3cccnc3c12.c1cnn([B-](n2cccn2)(n2cccn2)n2cccn2)c1. The molecule has 49 heavy (non-hydrogen) atoms. The zero-order valence-corrected chi connectivity index (χ0v) is 26.6. The molecule has 0 spiro atoms. The third-order valence-corrected chi connectivity index (χ3v) is 6.78. The predicted octanol–water partition coefficient (Wildman–Crippen LogP) is 3.50. The van der Waals surface area contributed by atoms with Gasteiger partial charge in [0, 0.05) is 51.4 Å². The molecule has 0 bridgehead atoms. The van der Waals surface area contributed by atoms with Crippen molar-refractivity contribution in [3.8, 4) is 0 Å². The van der Waals surface area contributed by atoms with Crippen molar-refractivity contribution in [1.29, 1.82) is 0 Å². The Bertz CT molecular complexity index is 1910. The number of nitrogens with zero attached hydrogens (tertiary/aromatic N) is 9. The maximum absolute atomic E-state index is 10.7. The van der Waals surface area contributed by atoms with Crippen LogP contribution < -0.4 is 5.11 Å². The van der Waals surface area contributed by atoms with Crippen molar-refractivity contribution in [2.45, 2.75) is 11.9 Å². The van der Waals surface area contributed by atoms with Crippen molar-refractivity contribution in [1.82, 2.24) is 43.7 Å². The van der Waals surface area contributed by atoms with Gasteiger partial charge in [-0.15, -0.1) is 35.0 Å². The number of pyridine rings is 1. The van der Waals surface area contributed by atoms with Gasteiger partial charge in [-0.25, -0.2) is 28.8 Å². The van der Waals surface area contributed by atoms with E-state index in [2.05, 4.69) is 55.7 Å². The van der Waals surface area contributed by atoms with E-state index in [4.69, 9.17) is 18.1 Å². The molecule has 2 aromatic carbocycles. The molecule has 0 atom stereocenters. The second kappa shape index (κ2) is 16.0. The van der Waals surface area contributed by atoms with Gasteiger partial charge in [0.05, 0.1) is 0 Å². The van der Waals surface area contributed by atoms with E-state index in [0.29, 0.717) is 0 Å². The molecule has 22 heteroatoms. The summed E-state index contributed by atoms with van der Waals surface area (Å²) in [5, 5.41) is 29.2. The summed E-state index contributed by atoms with van der Waals surface area (Å²) in [7, 11) is -6.09. The van der Waals surface area contributed by atoms with Crippen LogP contribution in [-0.4, -0.2) is 75.3 Å². The average molecular weight is 798 g/mol. The van der Waals surface area contributed by atoms with Crippen LogP contribution in [0, 0.1) is 6.07 Å². The van der Waals surface area contributed by atoms with Gasteiger partial charge in [0.25, 0.3) is 0 Å². The molecule has 0 saturated carbocycles. The van der Waals surface area contributed by atoms with Crippen molar-refractivity contribution in [3.05, 3.63) is 129 Å². The van der Waals surface area contributed by atoms with E-state index in [0.717, 1.165) is 10.9 Å². The minimum Gasteiger partial charge on any atom is -0.771 e. The fourth-order valence-corrected chi connectivity index (χ4v) is 4.40. The molecule has 0 aliphatic rings. The van der Waals surface area contributed by atoms with Crippen LogP contribution in [0.4, 0.5) is 26.3 Å². The summed E-state index contributed by atoms with van der Waals surface area (Å²) in [4.78, 5) is 4.38. The third-order valence-electron chi connectivity index (χ3n) is 6.21. The van der Waals surface area contributed by atoms with E-state index < -0.39 is 28.7 Å². The number of rotatable bonds is 4. The number of hydrogen-bond donors (Lipinski definition) is 0. The van der Waals surface area contributed by atoms with Gasteiger partial charge in [-0.3, -0.25) is 0 Å². The van der Waals surface area contributed by atoms with Gasteiger partial charge in [0.2, 0.25) is 0 Å². The van der Waals surface area contributed by atoms with Gasteiger partial charge in [0.1, 0.15) is 0 Å². The summed E-state index contributed by atoms with van der Waals surface area (Å²) in [6.45, 7) is -1.83. The van der Waals surface area contributed by atoms with Crippen LogP contribution >= 0.6 is 0 Å². The number of aromatic nitrogens is 9. The van der Waals surface area contributed by atoms with Crippen molar-refractivity contribution in [2.24, 2.45) is 0 Å². The zero-order valence-electron chi connectivity index (χ0n) is 24.3. The molecule has 13 nitrogen and oxygen atoms in total. The Morgan fingerprint density at radius 3 is 1.41 bits per heavy atom. The molecule has 0 unspecified atom stereocenters. The normalized spacial score (nSPS) is 11.7. The number of hydrogen-bond acceptors (Lipinski definition) is 9. The molecule has 7 aromatic rings. The van der Waals surface area contributed by atoms with E-state index in [1.165, 1.54) is 10.8 Å². The van der Waals surface area contributed by atoms with Crippen molar-refractivity contribution >= 4 is 38.5 Å². The number of alkyl halides is 6. The summed E-state index contributed by atoms with van der Waals surface area (Å²) in [6, 6.07) is 24.9. The summed E-state index contributed by atoms with van der Waals surface area (Å²) >= 11 is 0. The topological polar surface area (TPSA) is 164 Å². The summed E-state index contributed by atoms with van der Waals surface area (Å²) < 4.78 is 95.5. The van der Waals surface area contributed by atoms with E-state index in [1.54, 1.807) is 24.8 Å². The minimum atomic E-state index is -6.09. The average Bonchev–Trinajstić information content (AvgIpc) is 3.87. The van der Waals surface area contributed by atoms with E-state index >= 15 is 0 Å². The first-order chi connectivity index (χ1) is 22.6. The Balaban J connectivity index is 0.000000201. The van der Waals surface area contributed by atoms with E-state index in [9.17, 15) is 26.3 Å². The molecule has 0 N–H and O–H groups in total. The number of halogens is 6. The Labute approximate surface area is 286 Å². The van der Waals surface area contributed by atoms with Crippen LogP contribution in [0.3, 0.4) is 0 Å². The molecule has 5 aromatic heterocycles. The second-order valence-electron chi connectivity index (χ2n) is 9.26. The van der Waals surface area contributed by atoms with Crippen LogP contribution in [0.1, 0.15) is 0 Å². The van der Waals surface area contributed by atoms with Gasteiger partial charge >= 0.3 is 18.6 Å². The van der Waals surface area contributed by atoms with Crippen molar-refractivity contribution in [2.75, 3.05) is 0 Å². The van der Waals surface area contributed by atoms with Gasteiger partial charge in [0.15, 0.2) is 10.1 Å². The predicted molar refractivity (Wildman–Crippen MR) is 156 cm³/mol.